The molecule has 2 aliphatic rings. The first-order valence-corrected chi connectivity index (χ1v) is 17.1. The molecule has 0 saturated carbocycles. The van der Waals surface area contributed by atoms with Gasteiger partial charge in [-0.1, -0.05) is 40.2 Å². The number of hydrogen-bond donors (Lipinski definition) is 2. The molecule has 0 aliphatic carbocycles. The van der Waals surface area contributed by atoms with E-state index >= 15 is 0 Å². The minimum absolute atomic E-state index is 0.0673. The summed E-state index contributed by atoms with van der Waals surface area (Å²) in [6.45, 7) is 11.7. The second kappa shape index (κ2) is 14.2. The number of hydrogen-bond acceptors (Lipinski definition) is 5. The van der Waals surface area contributed by atoms with Crippen molar-refractivity contribution in [3.63, 3.8) is 0 Å². The zero-order chi connectivity index (χ0) is 29.6. The largest absolute Gasteiger partial charge is 0.354 e. The van der Waals surface area contributed by atoms with Crippen LogP contribution in [0.2, 0.25) is 0 Å². The Labute approximate surface area is 255 Å². The van der Waals surface area contributed by atoms with Gasteiger partial charge in [0, 0.05) is 35.5 Å². The second-order valence-electron chi connectivity index (χ2n) is 12.7. The fourth-order valence-electron chi connectivity index (χ4n) is 7.16. The molecule has 2 aliphatic heterocycles. The van der Waals surface area contributed by atoms with E-state index in [4.69, 9.17) is 4.98 Å². The maximum absolute atomic E-state index is 13.5. The number of benzene rings is 1. The number of piperidine rings is 2. The lowest BCUT2D eigenvalue weighted by atomic mass is 9.83. The van der Waals surface area contributed by atoms with Crippen molar-refractivity contribution >= 4 is 34.2 Å². The van der Waals surface area contributed by atoms with Gasteiger partial charge in [-0.05, 0) is 99.5 Å². The molecule has 2 N–H and O–H groups in total. The smallest absolute Gasteiger partial charge is 0.252 e. The van der Waals surface area contributed by atoms with Crippen LogP contribution < -0.4 is 10.6 Å². The first kappa shape index (κ1) is 30.7. The maximum atomic E-state index is 13.5. The van der Waals surface area contributed by atoms with E-state index < -0.39 is 6.04 Å². The van der Waals surface area contributed by atoms with Crippen LogP contribution in [0, 0.1) is 11.8 Å². The van der Waals surface area contributed by atoms with Gasteiger partial charge in [0.1, 0.15) is 11.9 Å². The van der Waals surface area contributed by atoms with Crippen molar-refractivity contribution in [2.24, 2.45) is 11.8 Å². The van der Waals surface area contributed by atoms with E-state index in [1.54, 1.807) is 11.3 Å². The summed E-state index contributed by atoms with van der Waals surface area (Å²) in [7, 11) is 0. The third-order valence-electron chi connectivity index (χ3n) is 9.34. The molecule has 2 unspecified atom stereocenters. The molecule has 8 heteroatoms. The number of carbonyl (C=O) groups excluding carboxylic acids is 2. The topological polar surface area (TPSA) is 79.3 Å². The van der Waals surface area contributed by atoms with Crippen LogP contribution in [0.1, 0.15) is 106 Å². The van der Waals surface area contributed by atoms with E-state index in [9.17, 15) is 9.59 Å². The number of aromatic nitrogens is 2. The molecular weight excluding hydrogens is 542 g/mol. The van der Waals surface area contributed by atoms with Crippen LogP contribution >= 0.6 is 11.3 Å². The van der Waals surface area contributed by atoms with Crippen LogP contribution in [0.4, 0.5) is 0 Å². The van der Waals surface area contributed by atoms with Gasteiger partial charge in [-0.15, -0.1) is 11.3 Å². The summed E-state index contributed by atoms with van der Waals surface area (Å²) in [6, 6.07) is 10.4. The number of amides is 2. The summed E-state index contributed by atoms with van der Waals surface area (Å²) in [5.41, 5.74) is 2.44. The Hall–Kier alpha value is -2.71. The summed E-state index contributed by atoms with van der Waals surface area (Å²) in [5.74, 6) is 1.53. The highest BCUT2D eigenvalue weighted by Gasteiger charge is 2.33. The SMILES string of the molecule is CCC(CC)n1c(Cc2cccs2)nc2cc(C(=O)N[C@@H](CC(C)C)C(=O)NCC3CCCN4CCCCC34)ccc21. The van der Waals surface area contributed by atoms with Gasteiger partial charge < -0.3 is 20.1 Å². The first-order valence-electron chi connectivity index (χ1n) is 16.2. The number of nitrogens with one attached hydrogen (secondary N) is 2. The van der Waals surface area contributed by atoms with E-state index in [2.05, 4.69) is 65.3 Å². The maximum Gasteiger partial charge on any atom is 0.252 e. The molecule has 2 saturated heterocycles. The fraction of sp³-hybridized carbons (Fsp3) is 0.618. The van der Waals surface area contributed by atoms with Crippen molar-refractivity contribution < 1.29 is 9.59 Å². The van der Waals surface area contributed by atoms with Crippen LogP contribution in [0.25, 0.3) is 11.0 Å². The van der Waals surface area contributed by atoms with Crippen LogP contribution in [0.5, 0.6) is 0 Å². The Balaban J connectivity index is 1.30. The van der Waals surface area contributed by atoms with Crippen LogP contribution in [-0.2, 0) is 11.2 Å². The molecule has 0 spiro atoms. The van der Waals surface area contributed by atoms with E-state index in [-0.39, 0.29) is 17.7 Å². The molecule has 3 aromatic rings. The predicted molar refractivity (Wildman–Crippen MR) is 172 cm³/mol. The zero-order valence-electron chi connectivity index (χ0n) is 25.9. The Morgan fingerprint density at radius 2 is 1.88 bits per heavy atom. The minimum Gasteiger partial charge on any atom is -0.354 e. The van der Waals surface area contributed by atoms with Crippen molar-refractivity contribution in [1.82, 2.24) is 25.1 Å². The molecule has 7 nitrogen and oxygen atoms in total. The summed E-state index contributed by atoms with van der Waals surface area (Å²) < 4.78 is 2.37. The van der Waals surface area contributed by atoms with E-state index in [0.29, 0.717) is 36.5 Å². The lowest BCUT2D eigenvalue weighted by molar-refractivity contribution is -0.123. The Bertz CT molecular complexity index is 1330. The summed E-state index contributed by atoms with van der Waals surface area (Å²) in [4.78, 5) is 35.9. The molecule has 0 radical (unpaired) electrons. The average molecular weight is 592 g/mol. The number of imidazole rings is 1. The van der Waals surface area contributed by atoms with Gasteiger partial charge in [0.05, 0.1) is 11.0 Å². The van der Waals surface area contributed by atoms with Gasteiger partial charge in [-0.3, -0.25) is 9.59 Å². The number of thiophene rings is 1. The highest BCUT2D eigenvalue weighted by Crippen LogP contribution is 2.31. The van der Waals surface area contributed by atoms with E-state index in [0.717, 1.165) is 36.1 Å². The van der Waals surface area contributed by atoms with Gasteiger partial charge in [0.15, 0.2) is 0 Å². The molecule has 2 aromatic heterocycles. The van der Waals surface area contributed by atoms with Gasteiger partial charge in [-0.2, -0.15) is 0 Å². The molecule has 3 atom stereocenters. The van der Waals surface area contributed by atoms with E-state index in [1.165, 1.54) is 50.1 Å². The first-order chi connectivity index (χ1) is 20.4. The second-order valence-corrected chi connectivity index (χ2v) is 13.8. The van der Waals surface area contributed by atoms with Gasteiger partial charge in [0.2, 0.25) is 5.91 Å². The number of rotatable bonds is 12. The average Bonchev–Trinajstić information content (AvgIpc) is 3.63. The quantitative estimate of drug-likeness (QED) is 0.250. The Morgan fingerprint density at radius 1 is 1.07 bits per heavy atom. The Morgan fingerprint density at radius 3 is 2.62 bits per heavy atom. The van der Waals surface area contributed by atoms with Gasteiger partial charge >= 0.3 is 0 Å². The summed E-state index contributed by atoms with van der Waals surface area (Å²) >= 11 is 1.75. The third kappa shape index (κ3) is 7.08. The molecule has 1 aromatic carbocycles. The molecule has 42 heavy (non-hydrogen) atoms. The van der Waals surface area contributed by atoms with Crippen LogP contribution in [-0.4, -0.2) is 58.0 Å². The molecule has 0 bridgehead atoms. The van der Waals surface area contributed by atoms with Crippen molar-refractivity contribution in [3.8, 4) is 0 Å². The molecule has 2 amide bonds. The van der Waals surface area contributed by atoms with Crippen molar-refractivity contribution in [1.29, 1.82) is 0 Å². The van der Waals surface area contributed by atoms with Crippen molar-refractivity contribution in [2.45, 2.75) is 104 Å². The number of fused-ring (bicyclic) bond motifs is 2. The fourth-order valence-corrected chi connectivity index (χ4v) is 7.86. The standard InChI is InChI=1S/C34H49N5O2S/c1-5-26(6-2)39-31-15-14-24(20-28(31)36-32(39)21-27-12-10-18-42-27)33(40)37-29(19-23(3)4)34(41)35-22-25-11-9-17-38-16-8-7-13-30(25)38/h10,12,14-15,18,20,23,25-26,29-30H,5-9,11,13,16-17,19,21-22H2,1-4H3,(H,35,41)(H,37,40)/t25?,29-,30?/m0/s1. The van der Waals surface area contributed by atoms with Crippen LogP contribution in [0.15, 0.2) is 35.7 Å². The van der Waals surface area contributed by atoms with Crippen LogP contribution in [0.3, 0.4) is 0 Å². The molecule has 2 fully saturated rings. The number of nitrogens with zero attached hydrogens (tertiary/aromatic N) is 3. The summed E-state index contributed by atoms with van der Waals surface area (Å²) in [6.07, 6.45) is 9.60. The van der Waals surface area contributed by atoms with E-state index in [1.807, 2.05) is 18.2 Å². The third-order valence-corrected chi connectivity index (χ3v) is 10.2. The van der Waals surface area contributed by atoms with Gasteiger partial charge in [-0.25, -0.2) is 4.98 Å². The minimum atomic E-state index is -0.559. The molecule has 228 valence electrons. The number of carbonyl (C=O) groups is 2. The Kier molecular flexibility index (Phi) is 10.4. The molecule has 4 heterocycles. The highest BCUT2D eigenvalue weighted by atomic mass is 32.1. The lowest BCUT2D eigenvalue weighted by Crippen LogP contribution is -2.53. The predicted octanol–water partition coefficient (Wildman–Crippen LogP) is 6.57. The highest BCUT2D eigenvalue weighted by molar-refractivity contribution is 7.09. The van der Waals surface area contributed by atoms with Crippen molar-refractivity contribution in [2.75, 3.05) is 19.6 Å². The summed E-state index contributed by atoms with van der Waals surface area (Å²) in [5, 5.41) is 8.42. The normalized spacial score (nSPS) is 20.1. The zero-order valence-corrected chi connectivity index (χ0v) is 26.7. The van der Waals surface area contributed by atoms with Crippen molar-refractivity contribution in [3.05, 3.63) is 52.0 Å². The molecular formula is C34H49N5O2S. The molecule has 5 rings (SSSR count). The van der Waals surface area contributed by atoms with Gasteiger partial charge in [0.25, 0.3) is 5.91 Å². The monoisotopic (exact) mass is 591 g/mol. The lowest BCUT2D eigenvalue weighted by Gasteiger charge is -2.44.